The summed E-state index contributed by atoms with van der Waals surface area (Å²) < 4.78 is 0. The van der Waals surface area contributed by atoms with Gasteiger partial charge in [0, 0.05) is 5.25 Å². The number of hydrogen-bond donors (Lipinski definition) is 2. The maximum atomic E-state index is 4.33. The predicted octanol–water partition coefficient (Wildman–Crippen LogP) is 2.40. The molecule has 2 heteroatoms. The van der Waals surface area contributed by atoms with Crippen LogP contribution in [0.15, 0.2) is 0 Å². The Morgan fingerprint density at radius 2 is 2.12 bits per heavy atom. The molecule has 0 aliphatic heterocycles. The Hall–Kier alpha value is 0.700. The first-order valence-corrected chi connectivity index (χ1v) is 4.25. The Morgan fingerprint density at radius 3 is 2.50 bits per heavy atom. The monoisotopic (exact) mass is 150 g/mol. The van der Waals surface area contributed by atoms with Gasteiger partial charge in [0.2, 0.25) is 0 Å². The first kappa shape index (κ1) is 8.70. The summed E-state index contributed by atoms with van der Waals surface area (Å²) in [7, 11) is 0. The van der Waals surface area contributed by atoms with Gasteiger partial charge in [0.15, 0.2) is 0 Å². The fourth-order valence-corrected chi connectivity index (χ4v) is 0.896. The summed E-state index contributed by atoms with van der Waals surface area (Å²) in [6, 6.07) is 0. The van der Waals surface area contributed by atoms with Crippen molar-refractivity contribution in [2.75, 3.05) is 5.75 Å². The zero-order chi connectivity index (χ0) is 6.41. The van der Waals surface area contributed by atoms with Crippen LogP contribution in [0.5, 0.6) is 0 Å². The van der Waals surface area contributed by atoms with Crippen LogP contribution in [0.2, 0.25) is 0 Å². The summed E-state index contributed by atoms with van der Waals surface area (Å²) in [5.74, 6) is 0.997. The van der Waals surface area contributed by atoms with Gasteiger partial charge in [-0.15, -0.1) is 0 Å². The highest BCUT2D eigenvalue weighted by molar-refractivity contribution is 7.81. The van der Waals surface area contributed by atoms with Crippen molar-refractivity contribution >= 4 is 25.3 Å². The van der Waals surface area contributed by atoms with E-state index in [4.69, 9.17) is 0 Å². The Kier molecular flexibility index (Phi) is 6.34. The average Bonchev–Trinajstić information content (AvgIpc) is 1.83. The molecule has 8 heavy (non-hydrogen) atoms. The fourth-order valence-electron chi connectivity index (χ4n) is 0.531. The molecule has 0 spiro atoms. The molecule has 0 saturated heterocycles. The van der Waals surface area contributed by atoms with E-state index < -0.39 is 0 Å². The van der Waals surface area contributed by atoms with Crippen LogP contribution < -0.4 is 0 Å². The fraction of sp³-hybridized carbons (Fsp3) is 1.00. The minimum absolute atomic E-state index is 0.599. The van der Waals surface area contributed by atoms with Crippen molar-refractivity contribution in [2.45, 2.75) is 31.4 Å². The van der Waals surface area contributed by atoms with Gasteiger partial charge in [0.1, 0.15) is 0 Å². The zero-order valence-electron chi connectivity index (χ0n) is 5.30. The first-order chi connectivity index (χ1) is 3.81. The van der Waals surface area contributed by atoms with Gasteiger partial charge in [-0.3, -0.25) is 0 Å². The molecule has 0 aromatic carbocycles. The largest absolute Gasteiger partial charge is 0.179 e. The van der Waals surface area contributed by atoms with E-state index in [1.165, 1.54) is 19.3 Å². The molecule has 0 nitrogen and oxygen atoms in total. The summed E-state index contributed by atoms with van der Waals surface area (Å²) in [5.41, 5.74) is 0. The van der Waals surface area contributed by atoms with Gasteiger partial charge in [-0.1, -0.05) is 6.92 Å². The topological polar surface area (TPSA) is 0 Å². The molecular formula is C6H14S2. The molecule has 1 unspecified atom stereocenters. The summed E-state index contributed by atoms with van der Waals surface area (Å²) in [6.07, 6.45) is 3.59. The van der Waals surface area contributed by atoms with Crippen molar-refractivity contribution in [3.8, 4) is 0 Å². The average molecular weight is 150 g/mol. The molecule has 0 fully saturated rings. The van der Waals surface area contributed by atoms with Crippen LogP contribution in [0.4, 0.5) is 0 Å². The van der Waals surface area contributed by atoms with E-state index in [1.807, 2.05) is 0 Å². The van der Waals surface area contributed by atoms with E-state index in [0.717, 1.165) is 5.75 Å². The lowest BCUT2D eigenvalue weighted by Crippen LogP contribution is -1.95. The van der Waals surface area contributed by atoms with Gasteiger partial charge in [-0.05, 0) is 25.0 Å². The Morgan fingerprint density at radius 1 is 1.50 bits per heavy atom. The van der Waals surface area contributed by atoms with Crippen LogP contribution in [0, 0.1) is 0 Å². The second-order valence-corrected chi connectivity index (χ2v) is 3.11. The molecule has 0 aliphatic rings. The molecule has 1 atom stereocenters. The van der Waals surface area contributed by atoms with E-state index in [-0.39, 0.29) is 0 Å². The zero-order valence-corrected chi connectivity index (χ0v) is 7.09. The lowest BCUT2D eigenvalue weighted by Gasteiger charge is -2.03. The van der Waals surface area contributed by atoms with E-state index in [2.05, 4.69) is 32.2 Å². The highest BCUT2D eigenvalue weighted by Crippen LogP contribution is 2.08. The summed E-state index contributed by atoms with van der Waals surface area (Å²) in [5, 5.41) is 0.599. The summed E-state index contributed by atoms with van der Waals surface area (Å²) >= 11 is 8.43. The van der Waals surface area contributed by atoms with E-state index in [9.17, 15) is 0 Å². The number of thiol groups is 2. The smallest absolute Gasteiger partial charge is 0.00144 e. The molecule has 0 heterocycles. The van der Waals surface area contributed by atoms with Crippen molar-refractivity contribution in [2.24, 2.45) is 0 Å². The predicted molar refractivity (Wildman–Crippen MR) is 46.2 cm³/mol. The second-order valence-electron chi connectivity index (χ2n) is 1.93. The van der Waals surface area contributed by atoms with Crippen molar-refractivity contribution in [3.63, 3.8) is 0 Å². The van der Waals surface area contributed by atoms with Gasteiger partial charge in [-0.25, -0.2) is 0 Å². The molecule has 0 N–H and O–H groups in total. The van der Waals surface area contributed by atoms with Crippen molar-refractivity contribution in [3.05, 3.63) is 0 Å². The van der Waals surface area contributed by atoms with Gasteiger partial charge in [0.05, 0.1) is 0 Å². The molecule has 0 rings (SSSR count). The molecule has 0 bridgehead atoms. The highest BCUT2D eigenvalue weighted by atomic mass is 32.1. The molecule has 0 amide bonds. The molecule has 0 aromatic rings. The van der Waals surface area contributed by atoms with Gasteiger partial charge < -0.3 is 0 Å². The third-order valence-electron chi connectivity index (χ3n) is 1.17. The first-order valence-electron chi connectivity index (χ1n) is 3.10. The molecule has 0 saturated carbocycles. The van der Waals surface area contributed by atoms with Gasteiger partial charge >= 0.3 is 0 Å². The quantitative estimate of drug-likeness (QED) is 0.565. The van der Waals surface area contributed by atoms with Gasteiger partial charge in [-0.2, -0.15) is 25.3 Å². The van der Waals surface area contributed by atoms with Crippen LogP contribution in [-0.4, -0.2) is 11.0 Å². The lowest BCUT2D eigenvalue weighted by atomic mass is 10.2. The summed E-state index contributed by atoms with van der Waals surface area (Å²) in [6.45, 7) is 2.16. The Balaban J connectivity index is 2.86. The standard InChI is InChI=1S/C6H14S2/c1-2-6(8)4-3-5-7/h6-8H,2-5H2,1H3. The SMILES string of the molecule is CCC(S)CCCS. The van der Waals surface area contributed by atoms with Crippen molar-refractivity contribution in [1.82, 2.24) is 0 Å². The second kappa shape index (κ2) is 5.83. The van der Waals surface area contributed by atoms with Crippen LogP contribution in [0.25, 0.3) is 0 Å². The minimum atomic E-state index is 0.599. The van der Waals surface area contributed by atoms with Crippen molar-refractivity contribution < 1.29 is 0 Å². The molecule has 0 radical (unpaired) electrons. The lowest BCUT2D eigenvalue weighted by molar-refractivity contribution is 0.729. The van der Waals surface area contributed by atoms with Crippen LogP contribution in [0.3, 0.4) is 0 Å². The third-order valence-corrected chi connectivity index (χ3v) is 2.11. The number of rotatable bonds is 4. The summed E-state index contributed by atoms with van der Waals surface area (Å²) in [4.78, 5) is 0. The maximum absolute atomic E-state index is 4.33. The molecular weight excluding hydrogens is 136 g/mol. The van der Waals surface area contributed by atoms with Crippen LogP contribution in [0.1, 0.15) is 26.2 Å². The molecule has 0 aliphatic carbocycles. The van der Waals surface area contributed by atoms with Crippen LogP contribution >= 0.6 is 25.3 Å². The molecule has 0 aromatic heterocycles. The Bertz CT molecular complexity index is 45.8. The minimum Gasteiger partial charge on any atom is -0.179 e. The maximum Gasteiger partial charge on any atom is 0.00144 e. The van der Waals surface area contributed by atoms with E-state index in [0.29, 0.717) is 5.25 Å². The van der Waals surface area contributed by atoms with Crippen LogP contribution in [-0.2, 0) is 0 Å². The van der Waals surface area contributed by atoms with Gasteiger partial charge in [0.25, 0.3) is 0 Å². The van der Waals surface area contributed by atoms with Crippen molar-refractivity contribution in [1.29, 1.82) is 0 Å². The number of hydrogen-bond acceptors (Lipinski definition) is 2. The highest BCUT2D eigenvalue weighted by Gasteiger charge is 1.95. The Labute approximate surface area is 62.9 Å². The van der Waals surface area contributed by atoms with E-state index in [1.54, 1.807) is 0 Å². The third kappa shape index (κ3) is 4.85. The van der Waals surface area contributed by atoms with E-state index >= 15 is 0 Å². The normalized spacial score (nSPS) is 13.9. The molecule has 50 valence electrons.